The number of hydrogen-bond donors (Lipinski definition) is 1. The van der Waals surface area contributed by atoms with Crippen LogP contribution in [0.4, 0.5) is 11.4 Å². The van der Waals surface area contributed by atoms with Gasteiger partial charge < -0.3 is 15.0 Å². The molecule has 1 saturated heterocycles. The maximum absolute atomic E-state index is 11.7. The zero-order valence-electron chi connectivity index (χ0n) is 11.9. The number of nitrogens with one attached hydrogen (secondary N) is 1. The minimum absolute atomic E-state index is 0.0575. The first-order valence-electron chi connectivity index (χ1n) is 6.90. The molecule has 5 nitrogen and oxygen atoms in total. The lowest BCUT2D eigenvalue weighted by Gasteiger charge is -2.19. The van der Waals surface area contributed by atoms with E-state index in [4.69, 9.17) is 4.74 Å². The molecule has 20 heavy (non-hydrogen) atoms. The number of amides is 2. The van der Waals surface area contributed by atoms with Crippen LogP contribution in [-0.4, -0.2) is 31.6 Å². The largest absolute Gasteiger partial charge is 0.372 e. The van der Waals surface area contributed by atoms with Gasteiger partial charge in [-0.3, -0.25) is 9.59 Å². The van der Waals surface area contributed by atoms with Gasteiger partial charge in [-0.25, -0.2) is 0 Å². The molecule has 0 saturated carbocycles. The van der Waals surface area contributed by atoms with Crippen molar-refractivity contribution in [1.29, 1.82) is 0 Å². The summed E-state index contributed by atoms with van der Waals surface area (Å²) in [6.45, 7) is 5.14. The summed E-state index contributed by atoms with van der Waals surface area (Å²) in [4.78, 5) is 25.1. The van der Waals surface area contributed by atoms with Crippen LogP contribution in [0, 0.1) is 6.92 Å². The van der Waals surface area contributed by atoms with Crippen molar-refractivity contribution in [2.75, 3.05) is 30.0 Å². The molecule has 0 spiro atoms. The number of anilines is 2. The minimum Gasteiger partial charge on any atom is -0.372 e. The summed E-state index contributed by atoms with van der Waals surface area (Å²) in [5.74, 6) is -0.00233. The Morgan fingerprint density at radius 1 is 1.45 bits per heavy atom. The maximum atomic E-state index is 11.7. The summed E-state index contributed by atoms with van der Waals surface area (Å²) >= 11 is 0. The highest BCUT2D eigenvalue weighted by atomic mass is 16.5. The van der Waals surface area contributed by atoms with Crippen LogP contribution in [-0.2, 0) is 14.3 Å². The van der Waals surface area contributed by atoms with E-state index in [2.05, 4.69) is 5.32 Å². The summed E-state index contributed by atoms with van der Waals surface area (Å²) in [5, 5.41) is 2.78. The van der Waals surface area contributed by atoms with Gasteiger partial charge in [0.05, 0.1) is 0 Å². The van der Waals surface area contributed by atoms with Gasteiger partial charge in [0.15, 0.2) is 0 Å². The van der Waals surface area contributed by atoms with E-state index in [1.165, 1.54) is 0 Å². The van der Waals surface area contributed by atoms with Gasteiger partial charge in [-0.05, 0) is 44.0 Å². The van der Waals surface area contributed by atoms with E-state index in [-0.39, 0.29) is 18.4 Å². The van der Waals surface area contributed by atoms with Gasteiger partial charge >= 0.3 is 0 Å². The second-order valence-electron chi connectivity index (χ2n) is 4.84. The van der Waals surface area contributed by atoms with Crippen molar-refractivity contribution >= 4 is 23.2 Å². The highest BCUT2D eigenvalue weighted by Gasteiger charge is 2.22. The van der Waals surface area contributed by atoms with E-state index >= 15 is 0 Å². The lowest BCUT2D eigenvalue weighted by atomic mass is 10.1. The Morgan fingerprint density at radius 3 is 2.85 bits per heavy atom. The summed E-state index contributed by atoms with van der Waals surface area (Å²) in [7, 11) is 0. The number of benzene rings is 1. The first-order valence-corrected chi connectivity index (χ1v) is 6.90. The van der Waals surface area contributed by atoms with Gasteiger partial charge in [-0.2, -0.15) is 0 Å². The Balaban J connectivity index is 2.06. The fraction of sp³-hybridized carbons (Fsp3) is 0.467. The Labute approximate surface area is 118 Å². The van der Waals surface area contributed by atoms with Crippen LogP contribution < -0.4 is 10.2 Å². The fourth-order valence-electron chi connectivity index (χ4n) is 2.33. The average molecular weight is 276 g/mol. The lowest BCUT2D eigenvalue weighted by molar-refractivity contribution is -0.120. The Morgan fingerprint density at radius 2 is 2.25 bits per heavy atom. The van der Waals surface area contributed by atoms with Gasteiger partial charge in [0.2, 0.25) is 11.8 Å². The quantitative estimate of drug-likeness (QED) is 0.896. The first-order chi connectivity index (χ1) is 9.61. The summed E-state index contributed by atoms with van der Waals surface area (Å²) in [6, 6.07) is 5.58. The second kappa shape index (κ2) is 6.52. The maximum Gasteiger partial charge on any atom is 0.250 e. The van der Waals surface area contributed by atoms with Gasteiger partial charge in [-0.15, -0.1) is 0 Å². The van der Waals surface area contributed by atoms with Crippen LogP contribution in [0.3, 0.4) is 0 Å². The molecule has 1 aliphatic heterocycles. The zero-order valence-corrected chi connectivity index (χ0v) is 11.9. The molecule has 2 rings (SSSR count). The van der Waals surface area contributed by atoms with Crippen molar-refractivity contribution in [3.63, 3.8) is 0 Å². The SMILES string of the molecule is CCOCC(=O)Nc1ccc(N2CCCC2=O)c(C)c1. The molecule has 1 fully saturated rings. The molecule has 108 valence electrons. The molecule has 1 heterocycles. The molecule has 0 radical (unpaired) electrons. The Bertz CT molecular complexity index is 514. The van der Waals surface area contributed by atoms with Crippen molar-refractivity contribution in [2.45, 2.75) is 26.7 Å². The fourth-order valence-corrected chi connectivity index (χ4v) is 2.33. The van der Waals surface area contributed by atoms with Crippen LogP contribution >= 0.6 is 0 Å². The van der Waals surface area contributed by atoms with E-state index in [0.717, 1.165) is 29.9 Å². The van der Waals surface area contributed by atoms with E-state index < -0.39 is 0 Å². The van der Waals surface area contributed by atoms with Crippen molar-refractivity contribution in [2.24, 2.45) is 0 Å². The topological polar surface area (TPSA) is 58.6 Å². The lowest BCUT2D eigenvalue weighted by Crippen LogP contribution is -2.24. The summed E-state index contributed by atoms with van der Waals surface area (Å²) < 4.78 is 5.05. The first kappa shape index (κ1) is 14.5. The normalized spacial score (nSPS) is 14.7. The highest BCUT2D eigenvalue weighted by molar-refractivity contribution is 5.97. The predicted octanol–water partition coefficient (Wildman–Crippen LogP) is 2.10. The zero-order chi connectivity index (χ0) is 14.5. The predicted molar refractivity (Wildman–Crippen MR) is 77.9 cm³/mol. The van der Waals surface area contributed by atoms with Crippen LogP contribution in [0.2, 0.25) is 0 Å². The average Bonchev–Trinajstić information content (AvgIpc) is 2.83. The van der Waals surface area contributed by atoms with Crippen molar-refractivity contribution in [3.05, 3.63) is 23.8 Å². The molecule has 0 atom stereocenters. The van der Waals surface area contributed by atoms with Crippen LogP contribution in [0.5, 0.6) is 0 Å². The van der Waals surface area contributed by atoms with Gasteiger partial charge in [0.1, 0.15) is 6.61 Å². The van der Waals surface area contributed by atoms with Gasteiger partial charge in [-0.1, -0.05) is 0 Å². The number of carbonyl (C=O) groups excluding carboxylic acids is 2. The van der Waals surface area contributed by atoms with Crippen LogP contribution in [0.15, 0.2) is 18.2 Å². The van der Waals surface area contributed by atoms with E-state index in [9.17, 15) is 9.59 Å². The molecule has 5 heteroatoms. The van der Waals surface area contributed by atoms with Crippen molar-refractivity contribution in [3.8, 4) is 0 Å². The third-order valence-corrected chi connectivity index (χ3v) is 3.28. The number of ether oxygens (including phenoxy) is 1. The van der Waals surface area contributed by atoms with Crippen molar-refractivity contribution < 1.29 is 14.3 Å². The molecule has 1 aromatic rings. The second-order valence-corrected chi connectivity index (χ2v) is 4.84. The van der Waals surface area contributed by atoms with Gasteiger partial charge in [0.25, 0.3) is 0 Å². The molecular formula is C15H20N2O3. The monoisotopic (exact) mass is 276 g/mol. The molecule has 0 unspecified atom stereocenters. The molecule has 2 amide bonds. The minimum atomic E-state index is -0.170. The third kappa shape index (κ3) is 3.36. The summed E-state index contributed by atoms with van der Waals surface area (Å²) in [5.41, 5.74) is 2.63. The van der Waals surface area contributed by atoms with Crippen LogP contribution in [0.1, 0.15) is 25.3 Å². The molecule has 0 bridgehead atoms. The van der Waals surface area contributed by atoms with Crippen LogP contribution in [0.25, 0.3) is 0 Å². The summed E-state index contributed by atoms with van der Waals surface area (Å²) in [6.07, 6.45) is 1.53. The van der Waals surface area contributed by atoms with E-state index in [1.54, 1.807) is 4.90 Å². The molecular weight excluding hydrogens is 256 g/mol. The smallest absolute Gasteiger partial charge is 0.250 e. The van der Waals surface area contributed by atoms with Crippen molar-refractivity contribution in [1.82, 2.24) is 0 Å². The van der Waals surface area contributed by atoms with E-state index in [1.807, 2.05) is 32.0 Å². The molecule has 0 aromatic heterocycles. The van der Waals surface area contributed by atoms with E-state index in [0.29, 0.717) is 13.0 Å². The molecule has 1 aromatic carbocycles. The molecule has 0 aliphatic carbocycles. The number of carbonyl (C=O) groups is 2. The Kier molecular flexibility index (Phi) is 4.74. The molecule has 1 aliphatic rings. The standard InChI is InChI=1S/C15H20N2O3/c1-3-20-10-14(18)16-12-6-7-13(11(2)9-12)17-8-4-5-15(17)19/h6-7,9H,3-5,8,10H2,1-2H3,(H,16,18). The third-order valence-electron chi connectivity index (χ3n) is 3.28. The number of nitrogens with zero attached hydrogens (tertiary/aromatic N) is 1. The highest BCUT2D eigenvalue weighted by Crippen LogP contribution is 2.27. The number of rotatable bonds is 5. The number of aryl methyl sites for hydroxylation is 1. The van der Waals surface area contributed by atoms with Gasteiger partial charge in [0, 0.05) is 30.9 Å². The molecule has 1 N–H and O–H groups in total. The Hall–Kier alpha value is -1.88. The number of hydrogen-bond acceptors (Lipinski definition) is 3.